The minimum Gasteiger partial charge on any atom is -0.462 e. The van der Waals surface area contributed by atoms with Crippen LogP contribution < -0.4 is 5.73 Å². The van der Waals surface area contributed by atoms with Crippen LogP contribution in [0.1, 0.15) is 17.3 Å². The highest BCUT2D eigenvalue weighted by molar-refractivity contribution is 6.33. The van der Waals surface area contributed by atoms with Gasteiger partial charge in [-0.3, -0.25) is 0 Å². The first kappa shape index (κ1) is 13.4. The first-order valence-corrected chi connectivity index (χ1v) is 6.32. The number of nitrogen functional groups attached to an aromatic ring is 1. The van der Waals surface area contributed by atoms with Crippen LogP contribution in [-0.2, 0) is 4.74 Å². The Morgan fingerprint density at radius 2 is 1.89 bits per heavy atom. The molecular weight excluding hydrogens is 262 g/mol. The lowest BCUT2D eigenvalue weighted by atomic mass is 10.0. The molecule has 4 heteroatoms. The van der Waals surface area contributed by atoms with Gasteiger partial charge < -0.3 is 10.5 Å². The Hall–Kier alpha value is -2.00. The molecule has 2 aromatic rings. The fourth-order valence-electron chi connectivity index (χ4n) is 1.76. The summed E-state index contributed by atoms with van der Waals surface area (Å²) in [5.41, 5.74) is 8.67. The Kier molecular flexibility index (Phi) is 4.07. The van der Waals surface area contributed by atoms with E-state index in [1.807, 2.05) is 18.2 Å². The fourth-order valence-corrected chi connectivity index (χ4v) is 1.99. The monoisotopic (exact) mass is 275 g/mol. The van der Waals surface area contributed by atoms with Crippen molar-refractivity contribution in [2.24, 2.45) is 0 Å². The van der Waals surface area contributed by atoms with E-state index in [1.54, 1.807) is 31.2 Å². The van der Waals surface area contributed by atoms with Gasteiger partial charge >= 0.3 is 5.97 Å². The van der Waals surface area contributed by atoms with Crippen LogP contribution in [0.2, 0.25) is 5.02 Å². The van der Waals surface area contributed by atoms with Crippen molar-refractivity contribution >= 4 is 23.3 Å². The normalized spacial score (nSPS) is 10.2. The van der Waals surface area contributed by atoms with Crippen molar-refractivity contribution in [1.29, 1.82) is 0 Å². The summed E-state index contributed by atoms with van der Waals surface area (Å²) < 4.78 is 4.93. The summed E-state index contributed by atoms with van der Waals surface area (Å²) in [5.74, 6) is -0.326. The largest absolute Gasteiger partial charge is 0.462 e. The lowest BCUT2D eigenvalue weighted by molar-refractivity contribution is 0.0526. The predicted molar refractivity (Wildman–Crippen MR) is 77.3 cm³/mol. The third-order valence-corrected chi connectivity index (χ3v) is 3.03. The molecule has 0 unspecified atom stereocenters. The molecule has 2 N–H and O–H groups in total. The van der Waals surface area contributed by atoms with E-state index in [9.17, 15) is 4.79 Å². The molecule has 0 aliphatic rings. The minimum atomic E-state index is -0.326. The summed E-state index contributed by atoms with van der Waals surface area (Å²) in [7, 11) is 0. The standard InChI is InChI=1S/C15H14ClNO2/c1-2-19-15(18)11-5-3-10(4-6-11)13-9-12(17)7-8-14(13)16/h3-9H,2,17H2,1H3. The van der Waals surface area contributed by atoms with E-state index < -0.39 is 0 Å². The zero-order valence-electron chi connectivity index (χ0n) is 10.5. The van der Waals surface area contributed by atoms with Gasteiger partial charge in [-0.2, -0.15) is 0 Å². The minimum absolute atomic E-state index is 0.326. The number of ether oxygens (including phenoxy) is 1. The zero-order valence-corrected chi connectivity index (χ0v) is 11.3. The number of benzene rings is 2. The molecule has 0 aromatic heterocycles. The third-order valence-electron chi connectivity index (χ3n) is 2.70. The van der Waals surface area contributed by atoms with Gasteiger partial charge in [-0.1, -0.05) is 23.7 Å². The van der Waals surface area contributed by atoms with Gasteiger partial charge in [0.2, 0.25) is 0 Å². The van der Waals surface area contributed by atoms with Gasteiger partial charge in [-0.15, -0.1) is 0 Å². The average Bonchev–Trinajstić information content (AvgIpc) is 2.42. The number of hydrogen-bond donors (Lipinski definition) is 1. The Balaban J connectivity index is 2.32. The molecule has 2 rings (SSSR count). The second-order valence-electron chi connectivity index (χ2n) is 4.04. The van der Waals surface area contributed by atoms with Gasteiger partial charge in [-0.05, 0) is 42.8 Å². The number of anilines is 1. The van der Waals surface area contributed by atoms with Crippen molar-refractivity contribution in [1.82, 2.24) is 0 Å². The van der Waals surface area contributed by atoms with Gasteiger partial charge in [0.05, 0.1) is 12.2 Å². The van der Waals surface area contributed by atoms with Crippen LogP contribution >= 0.6 is 11.6 Å². The maximum Gasteiger partial charge on any atom is 0.338 e. The number of hydrogen-bond acceptors (Lipinski definition) is 3. The molecule has 19 heavy (non-hydrogen) atoms. The quantitative estimate of drug-likeness (QED) is 0.685. The van der Waals surface area contributed by atoms with E-state index >= 15 is 0 Å². The first-order chi connectivity index (χ1) is 9.11. The highest BCUT2D eigenvalue weighted by atomic mass is 35.5. The van der Waals surface area contributed by atoms with Gasteiger partial charge in [0.15, 0.2) is 0 Å². The van der Waals surface area contributed by atoms with Crippen molar-refractivity contribution in [3.63, 3.8) is 0 Å². The highest BCUT2D eigenvalue weighted by Crippen LogP contribution is 2.29. The van der Waals surface area contributed by atoms with Crippen LogP contribution in [0.5, 0.6) is 0 Å². The molecule has 0 spiro atoms. The second kappa shape index (κ2) is 5.76. The van der Waals surface area contributed by atoms with E-state index in [-0.39, 0.29) is 5.97 Å². The van der Waals surface area contributed by atoms with Crippen LogP contribution in [0.25, 0.3) is 11.1 Å². The topological polar surface area (TPSA) is 52.3 Å². The van der Waals surface area contributed by atoms with Gasteiger partial charge in [0, 0.05) is 16.3 Å². The maximum atomic E-state index is 11.5. The fraction of sp³-hybridized carbons (Fsp3) is 0.133. The van der Waals surface area contributed by atoms with E-state index in [0.717, 1.165) is 11.1 Å². The molecule has 0 fully saturated rings. The number of nitrogens with two attached hydrogens (primary N) is 1. The van der Waals surface area contributed by atoms with Crippen LogP contribution in [0.15, 0.2) is 42.5 Å². The molecule has 0 bridgehead atoms. The SMILES string of the molecule is CCOC(=O)c1ccc(-c2cc(N)ccc2Cl)cc1. The summed E-state index contributed by atoms with van der Waals surface area (Å²) in [6, 6.07) is 12.4. The van der Waals surface area contributed by atoms with E-state index in [4.69, 9.17) is 22.1 Å². The summed E-state index contributed by atoms with van der Waals surface area (Å²) >= 11 is 6.14. The van der Waals surface area contributed by atoms with Gasteiger partial charge in [0.1, 0.15) is 0 Å². The zero-order chi connectivity index (χ0) is 13.8. The summed E-state index contributed by atoms with van der Waals surface area (Å²) in [6.07, 6.45) is 0. The molecule has 98 valence electrons. The van der Waals surface area contributed by atoms with Crippen LogP contribution in [0, 0.1) is 0 Å². The Morgan fingerprint density at radius 1 is 1.21 bits per heavy atom. The molecule has 2 aromatic carbocycles. The van der Waals surface area contributed by atoms with Crippen molar-refractivity contribution in [3.8, 4) is 11.1 Å². The van der Waals surface area contributed by atoms with E-state index in [0.29, 0.717) is 22.9 Å². The van der Waals surface area contributed by atoms with Crippen molar-refractivity contribution in [3.05, 3.63) is 53.1 Å². The molecule has 0 saturated heterocycles. The van der Waals surface area contributed by atoms with Crippen LogP contribution in [0.3, 0.4) is 0 Å². The predicted octanol–water partition coefficient (Wildman–Crippen LogP) is 3.77. The van der Waals surface area contributed by atoms with E-state index in [1.165, 1.54) is 0 Å². The molecule has 0 radical (unpaired) electrons. The summed E-state index contributed by atoms with van der Waals surface area (Å²) in [5, 5.41) is 0.623. The summed E-state index contributed by atoms with van der Waals surface area (Å²) in [4.78, 5) is 11.5. The summed E-state index contributed by atoms with van der Waals surface area (Å²) in [6.45, 7) is 2.14. The molecule has 0 aliphatic heterocycles. The average molecular weight is 276 g/mol. The van der Waals surface area contributed by atoms with Crippen LogP contribution in [-0.4, -0.2) is 12.6 Å². The van der Waals surface area contributed by atoms with Crippen molar-refractivity contribution in [2.75, 3.05) is 12.3 Å². The first-order valence-electron chi connectivity index (χ1n) is 5.94. The molecule has 0 amide bonds. The lowest BCUT2D eigenvalue weighted by Crippen LogP contribution is -2.04. The molecule has 0 aliphatic carbocycles. The molecule has 3 nitrogen and oxygen atoms in total. The van der Waals surface area contributed by atoms with Crippen molar-refractivity contribution < 1.29 is 9.53 Å². The third kappa shape index (κ3) is 3.06. The molecule has 0 saturated carbocycles. The maximum absolute atomic E-state index is 11.5. The highest BCUT2D eigenvalue weighted by Gasteiger charge is 2.08. The number of esters is 1. The lowest BCUT2D eigenvalue weighted by Gasteiger charge is -2.07. The molecule has 0 atom stereocenters. The van der Waals surface area contributed by atoms with Crippen LogP contribution in [0.4, 0.5) is 5.69 Å². The Labute approximate surface area is 117 Å². The van der Waals surface area contributed by atoms with Crippen molar-refractivity contribution in [2.45, 2.75) is 6.92 Å². The molecule has 0 heterocycles. The number of carbonyl (C=O) groups excluding carboxylic acids is 1. The Bertz CT molecular complexity index is 594. The van der Waals surface area contributed by atoms with Gasteiger partial charge in [0.25, 0.3) is 0 Å². The second-order valence-corrected chi connectivity index (χ2v) is 4.44. The molecular formula is C15H14ClNO2. The number of carbonyl (C=O) groups is 1. The Morgan fingerprint density at radius 3 is 2.53 bits per heavy atom. The number of halogens is 1. The van der Waals surface area contributed by atoms with E-state index in [2.05, 4.69) is 0 Å². The van der Waals surface area contributed by atoms with Gasteiger partial charge in [-0.25, -0.2) is 4.79 Å². The number of rotatable bonds is 3. The smallest absolute Gasteiger partial charge is 0.338 e.